The van der Waals surface area contributed by atoms with Crippen molar-refractivity contribution in [3.8, 4) is 5.75 Å². The third-order valence-electron chi connectivity index (χ3n) is 6.15. The quantitative estimate of drug-likeness (QED) is 0.739. The number of furan rings is 1. The molecule has 0 atom stereocenters. The maximum atomic E-state index is 13.4. The molecule has 1 N–H and O–H groups in total. The maximum Gasteiger partial charge on any atom is 0.289 e. The van der Waals surface area contributed by atoms with Crippen molar-refractivity contribution in [1.82, 2.24) is 14.8 Å². The molecule has 3 heterocycles. The Kier molecular flexibility index (Phi) is 4.12. The zero-order valence-electron chi connectivity index (χ0n) is 16.3. The van der Waals surface area contributed by atoms with Crippen LogP contribution in [0.25, 0.3) is 10.9 Å². The van der Waals surface area contributed by atoms with Gasteiger partial charge in [-0.05, 0) is 48.7 Å². The fourth-order valence-electron chi connectivity index (χ4n) is 4.32. The Balaban J connectivity index is 1.33. The third kappa shape index (κ3) is 2.88. The molecule has 2 aromatic heterocycles. The molecule has 1 aliphatic heterocycles. The number of hydrogen-bond acceptors (Lipinski definition) is 4. The van der Waals surface area contributed by atoms with Crippen LogP contribution in [0.2, 0.25) is 0 Å². The largest absolute Gasteiger partial charge is 0.497 e. The first-order valence-electron chi connectivity index (χ1n) is 9.90. The SMILES string of the molecule is COc1ccc2[nH]cc(C3(C(=O)N4CCN(C(=O)c5ccco5)CC4)CC3)c2c1. The predicted molar refractivity (Wildman–Crippen MR) is 107 cm³/mol. The van der Waals surface area contributed by atoms with Gasteiger partial charge < -0.3 is 23.9 Å². The van der Waals surface area contributed by atoms with Gasteiger partial charge in [-0.1, -0.05) is 0 Å². The van der Waals surface area contributed by atoms with Crippen LogP contribution >= 0.6 is 0 Å². The van der Waals surface area contributed by atoms with Gasteiger partial charge in [-0.2, -0.15) is 0 Å². The number of benzene rings is 1. The van der Waals surface area contributed by atoms with Crippen LogP contribution in [0.15, 0.2) is 47.2 Å². The maximum absolute atomic E-state index is 13.4. The zero-order valence-corrected chi connectivity index (χ0v) is 16.3. The summed E-state index contributed by atoms with van der Waals surface area (Å²) in [5, 5.41) is 1.04. The molecule has 150 valence electrons. The molecule has 7 heteroatoms. The fraction of sp³-hybridized carbons (Fsp3) is 0.364. The fourth-order valence-corrected chi connectivity index (χ4v) is 4.32. The first-order valence-corrected chi connectivity index (χ1v) is 9.90. The zero-order chi connectivity index (χ0) is 20.0. The van der Waals surface area contributed by atoms with Gasteiger partial charge in [0.15, 0.2) is 5.76 Å². The third-order valence-corrected chi connectivity index (χ3v) is 6.15. The Morgan fingerprint density at radius 2 is 1.86 bits per heavy atom. The average Bonchev–Trinajstić information content (AvgIpc) is 3.18. The van der Waals surface area contributed by atoms with E-state index in [4.69, 9.17) is 9.15 Å². The molecule has 0 radical (unpaired) electrons. The van der Waals surface area contributed by atoms with Crippen LogP contribution in [0.1, 0.15) is 29.0 Å². The summed E-state index contributed by atoms with van der Waals surface area (Å²) in [6, 6.07) is 9.27. The number of carbonyl (C=O) groups excluding carboxylic acids is 2. The summed E-state index contributed by atoms with van der Waals surface area (Å²) in [6.07, 6.45) is 5.16. The summed E-state index contributed by atoms with van der Waals surface area (Å²) in [7, 11) is 1.65. The van der Waals surface area contributed by atoms with Crippen molar-refractivity contribution < 1.29 is 18.7 Å². The molecule has 1 saturated heterocycles. The number of piperazine rings is 1. The lowest BCUT2D eigenvalue weighted by atomic mass is 9.93. The lowest BCUT2D eigenvalue weighted by molar-refractivity contribution is -0.135. The Labute approximate surface area is 168 Å². The van der Waals surface area contributed by atoms with E-state index in [1.54, 1.807) is 24.1 Å². The highest BCUT2D eigenvalue weighted by molar-refractivity contribution is 5.98. The van der Waals surface area contributed by atoms with Crippen LogP contribution in [0.3, 0.4) is 0 Å². The van der Waals surface area contributed by atoms with E-state index >= 15 is 0 Å². The lowest BCUT2D eigenvalue weighted by Gasteiger charge is -2.36. The van der Waals surface area contributed by atoms with Crippen LogP contribution in [0.4, 0.5) is 0 Å². The molecular weight excluding hydrogens is 370 g/mol. The molecule has 2 amide bonds. The van der Waals surface area contributed by atoms with Crippen LogP contribution in [-0.2, 0) is 10.2 Å². The minimum atomic E-state index is -0.461. The molecule has 1 saturated carbocycles. The summed E-state index contributed by atoms with van der Waals surface area (Å²) >= 11 is 0. The second-order valence-corrected chi connectivity index (χ2v) is 7.76. The van der Waals surface area contributed by atoms with Crippen LogP contribution in [-0.4, -0.2) is 59.9 Å². The summed E-state index contributed by atoms with van der Waals surface area (Å²) in [4.78, 5) is 32.8. The number of nitrogens with one attached hydrogen (secondary N) is 1. The topological polar surface area (TPSA) is 78.8 Å². The Hall–Kier alpha value is -3.22. The van der Waals surface area contributed by atoms with E-state index in [1.807, 2.05) is 29.3 Å². The van der Waals surface area contributed by atoms with E-state index in [1.165, 1.54) is 6.26 Å². The van der Waals surface area contributed by atoms with Gasteiger partial charge in [0.2, 0.25) is 5.91 Å². The number of carbonyl (C=O) groups is 2. The second-order valence-electron chi connectivity index (χ2n) is 7.76. The van der Waals surface area contributed by atoms with Gasteiger partial charge in [0, 0.05) is 43.3 Å². The van der Waals surface area contributed by atoms with Gasteiger partial charge in [0.1, 0.15) is 5.75 Å². The number of aromatic nitrogens is 1. The monoisotopic (exact) mass is 393 g/mol. The van der Waals surface area contributed by atoms with Crippen molar-refractivity contribution >= 4 is 22.7 Å². The Morgan fingerprint density at radius 3 is 2.52 bits per heavy atom. The van der Waals surface area contributed by atoms with Crippen LogP contribution in [0, 0.1) is 0 Å². The summed E-state index contributed by atoms with van der Waals surface area (Å²) in [5.41, 5.74) is 1.59. The molecule has 5 rings (SSSR count). The average molecular weight is 393 g/mol. The van der Waals surface area contributed by atoms with E-state index in [2.05, 4.69) is 4.98 Å². The van der Waals surface area contributed by atoms with Crippen LogP contribution < -0.4 is 4.74 Å². The summed E-state index contributed by atoms with van der Waals surface area (Å²) in [5.74, 6) is 1.17. The minimum Gasteiger partial charge on any atom is -0.497 e. The number of aromatic amines is 1. The molecule has 2 aliphatic rings. The lowest BCUT2D eigenvalue weighted by Crippen LogP contribution is -2.52. The minimum absolute atomic E-state index is 0.119. The first-order chi connectivity index (χ1) is 14.1. The van der Waals surface area contributed by atoms with E-state index in [-0.39, 0.29) is 11.8 Å². The van der Waals surface area contributed by atoms with Gasteiger partial charge in [0.25, 0.3) is 5.91 Å². The van der Waals surface area contributed by atoms with Gasteiger partial charge >= 0.3 is 0 Å². The number of methoxy groups -OCH3 is 1. The molecular formula is C22H23N3O4. The summed E-state index contributed by atoms with van der Waals surface area (Å²) in [6.45, 7) is 2.11. The molecule has 0 spiro atoms. The van der Waals surface area contributed by atoms with Crippen LogP contribution in [0.5, 0.6) is 5.75 Å². The highest BCUT2D eigenvalue weighted by Crippen LogP contribution is 2.52. The molecule has 0 unspecified atom stereocenters. The van der Waals surface area contributed by atoms with Crippen molar-refractivity contribution in [2.75, 3.05) is 33.3 Å². The van der Waals surface area contributed by atoms with Crippen molar-refractivity contribution in [2.45, 2.75) is 18.3 Å². The van der Waals surface area contributed by atoms with Crippen molar-refractivity contribution in [3.05, 3.63) is 54.1 Å². The predicted octanol–water partition coefficient (Wildman–Crippen LogP) is 2.79. The van der Waals surface area contributed by atoms with E-state index < -0.39 is 5.41 Å². The molecule has 7 nitrogen and oxygen atoms in total. The highest BCUT2D eigenvalue weighted by atomic mass is 16.5. The normalized spacial score (nSPS) is 18.1. The molecule has 0 bridgehead atoms. The second kappa shape index (κ2) is 6.69. The van der Waals surface area contributed by atoms with E-state index in [9.17, 15) is 9.59 Å². The van der Waals surface area contributed by atoms with E-state index in [0.717, 1.165) is 35.1 Å². The van der Waals surface area contributed by atoms with Crippen molar-refractivity contribution in [2.24, 2.45) is 0 Å². The number of rotatable bonds is 4. The van der Waals surface area contributed by atoms with Crippen molar-refractivity contribution in [1.29, 1.82) is 0 Å². The number of ether oxygens (including phenoxy) is 1. The number of H-pyrrole nitrogens is 1. The van der Waals surface area contributed by atoms with Gasteiger partial charge in [-0.3, -0.25) is 9.59 Å². The number of amides is 2. The molecule has 3 aromatic rings. The molecule has 2 fully saturated rings. The van der Waals surface area contributed by atoms with Gasteiger partial charge in [0.05, 0.1) is 18.8 Å². The number of hydrogen-bond donors (Lipinski definition) is 1. The number of nitrogens with zero attached hydrogens (tertiary/aromatic N) is 2. The Bertz CT molecular complexity index is 1060. The number of fused-ring (bicyclic) bond motifs is 1. The molecule has 1 aliphatic carbocycles. The highest BCUT2D eigenvalue weighted by Gasteiger charge is 2.54. The van der Waals surface area contributed by atoms with Crippen molar-refractivity contribution in [3.63, 3.8) is 0 Å². The standard InChI is InChI=1S/C22H23N3O4/c1-28-15-4-5-18-16(13-15)17(14-23-18)22(6-7-22)21(27)25-10-8-24(9-11-25)20(26)19-3-2-12-29-19/h2-5,12-14,23H,6-11H2,1H3. The van der Waals surface area contributed by atoms with Gasteiger partial charge in [-0.25, -0.2) is 0 Å². The summed E-state index contributed by atoms with van der Waals surface area (Å²) < 4.78 is 10.6. The van der Waals surface area contributed by atoms with E-state index in [0.29, 0.717) is 31.9 Å². The molecule has 1 aromatic carbocycles. The Morgan fingerprint density at radius 1 is 1.10 bits per heavy atom. The molecule has 29 heavy (non-hydrogen) atoms. The first kappa shape index (κ1) is 17.8. The smallest absolute Gasteiger partial charge is 0.289 e. The van der Waals surface area contributed by atoms with Gasteiger partial charge in [-0.15, -0.1) is 0 Å².